The standard InChI is InChI=1S/C16H13NO4S/c1-3-12-9(2)8-13(22-12)16(20)21-17-14(18)10-6-4-5-7-11(10)15(17)19/h4-8H,3H2,1-2H3. The predicted octanol–water partition coefficient (Wildman–Crippen LogP) is 2.99. The Labute approximate surface area is 131 Å². The lowest BCUT2D eigenvalue weighted by Crippen LogP contribution is -2.32. The van der Waals surface area contributed by atoms with Crippen LogP contribution in [-0.4, -0.2) is 22.8 Å². The SMILES string of the molecule is CCc1sc(C(=O)ON2C(=O)c3ccccc3C2=O)cc1C. The third kappa shape index (κ3) is 2.21. The van der Waals surface area contributed by atoms with Crippen molar-refractivity contribution < 1.29 is 19.2 Å². The van der Waals surface area contributed by atoms with Crippen LogP contribution in [0, 0.1) is 6.92 Å². The normalized spacial score (nSPS) is 13.5. The Morgan fingerprint density at radius 2 is 1.77 bits per heavy atom. The Balaban J connectivity index is 1.83. The Morgan fingerprint density at radius 3 is 2.27 bits per heavy atom. The fourth-order valence-electron chi connectivity index (χ4n) is 2.35. The largest absolute Gasteiger partial charge is 0.373 e. The molecule has 0 unspecified atom stereocenters. The van der Waals surface area contributed by atoms with Crippen LogP contribution in [0.2, 0.25) is 0 Å². The van der Waals surface area contributed by atoms with Crippen molar-refractivity contribution in [1.82, 2.24) is 5.06 Å². The summed E-state index contributed by atoms with van der Waals surface area (Å²) >= 11 is 1.31. The molecule has 2 heterocycles. The summed E-state index contributed by atoms with van der Waals surface area (Å²) in [5, 5.41) is 0.535. The Morgan fingerprint density at radius 1 is 1.18 bits per heavy atom. The number of fused-ring (bicyclic) bond motifs is 1. The molecule has 5 nitrogen and oxygen atoms in total. The number of aryl methyl sites for hydroxylation is 2. The summed E-state index contributed by atoms with van der Waals surface area (Å²) in [6, 6.07) is 8.10. The average molecular weight is 315 g/mol. The summed E-state index contributed by atoms with van der Waals surface area (Å²) in [6.45, 7) is 3.91. The molecule has 0 fully saturated rings. The Bertz CT molecular complexity index is 758. The number of hydroxylamine groups is 2. The highest BCUT2D eigenvalue weighted by molar-refractivity contribution is 7.14. The van der Waals surface area contributed by atoms with Crippen molar-refractivity contribution >= 4 is 29.1 Å². The lowest BCUT2D eigenvalue weighted by molar-refractivity contribution is -0.0581. The highest BCUT2D eigenvalue weighted by Crippen LogP contribution is 2.26. The molecule has 0 radical (unpaired) electrons. The van der Waals surface area contributed by atoms with E-state index in [1.807, 2.05) is 13.8 Å². The first-order chi connectivity index (χ1) is 10.5. The smallest absolute Gasteiger partial charge is 0.323 e. The second-order valence-corrected chi connectivity index (χ2v) is 6.04. The predicted molar refractivity (Wildman–Crippen MR) is 80.8 cm³/mol. The van der Waals surface area contributed by atoms with Gasteiger partial charge < -0.3 is 4.84 Å². The van der Waals surface area contributed by atoms with E-state index in [1.165, 1.54) is 23.5 Å². The Kier molecular flexibility index (Phi) is 3.54. The Hall–Kier alpha value is -2.47. The zero-order chi connectivity index (χ0) is 15.9. The molecule has 2 aromatic rings. The first-order valence-corrected chi connectivity index (χ1v) is 7.64. The van der Waals surface area contributed by atoms with Crippen molar-refractivity contribution in [2.45, 2.75) is 20.3 Å². The minimum Gasteiger partial charge on any atom is -0.323 e. The molecule has 0 saturated heterocycles. The van der Waals surface area contributed by atoms with Crippen LogP contribution in [0.1, 0.15) is 47.8 Å². The van der Waals surface area contributed by atoms with Crippen molar-refractivity contribution in [1.29, 1.82) is 0 Å². The molecule has 1 aliphatic rings. The minimum atomic E-state index is -0.692. The molecule has 112 valence electrons. The first-order valence-electron chi connectivity index (χ1n) is 6.82. The highest BCUT2D eigenvalue weighted by Gasteiger charge is 2.39. The molecule has 0 aliphatic carbocycles. The third-order valence-electron chi connectivity index (χ3n) is 3.47. The fraction of sp³-hybridized carbons (Fsp3) is 0.188. The maximum Gasteiger partial charge on any atom is 0.373 e. The van der Waals surface area contributed by atoms with Crippen LogP contribution in [0.4, 0.5) is 0 Å². The van der Waals surface area contributed by atoms with E-state index >= 15 is 0 Å². The van der Waals surface area contributed by atoms with Gasteiger partial charge in [0.05, 0.1) is 11.1 Å². The molecular weight excluding hydrogens is 302 g/mol. The van der Waals surface area contributed by atoms with Gasteiger partial charge in [-0.1, -0.05) is 24.1 Å². The molecule has 0 spiro atoms. The third-order valence-corrected chi connectivity index (χ3v) is 4.84. The summed E-state index contributed by atoms with van der Waals surface area (Å²) in [4.78, 5) is 42.9. The van der Waals surface area contributed by atoms with Gasteiger partial charge in [-0.3, -0.25) is 9.59 Å². The van der Waals surface area contributed by atoms with Gasteiger partial charge in [0.1, 0.15) is 4.88 Å². The zero-order valence-electron chi connectivity index (χ0n) is 12.1. The molecule has 1 aromatic carbocycles. The molecule has 2 amide bonds. The van der Waals surface area contributed by atoms with Crippen LogP contribution in [0.15, 0.2) is 30.3 Å². The van der Waals surface area contributed by atoms with E-state index in [0.29, 0.717) is 9.94 Å². The van der Waals surface area contributed by atoms with E-state index in [9.17, 15) is 14.4 Å². The van der Waals surface area contributed by atoms with Gasteiger partial charge in [0.25, 0.3) is 11.8 Å². The van der Waals surface area contributed by atoms with Gasteiger partial charge in [0, 0.05) is 4.88 Å². The summed E-state index contributed by atoms with van der Waals surface area (Å²) in [7, 11) is 0. The molecule has 0 bridgehead atoms. The molecule has 1 aromatic heterocycles. The van der Waals surface area contributed by atoms with E-state index in [1.54, 1.807) is 18.2 Å². The van der Waals surface area contributed by atoms with E-state index in [4.69, 9.17) is 4.84 Å². The van der Waals surface area contributed by atoms with E-state index in [0.717, 1.165) is 16.9 Å². The average Bonchev–Trinajstić information content (AvgIpc) is 3.01. The van der Waals surface area contributed by atoms with Gasteiger partial charge in [-0.15, -0.1) is 11.3 Å². The molecule has 22 heavy (non-hydrogen) atoms. The van der Waals surface area contributed by atoms with E-state index in [-0.39, 0.29) is 11.1 Å². The molecule has 6 heteroatoms. The number of hydrogen-bond donors (Lipinski definition) is 0. The zero-order valence-corrected chi connectivity index (χ0v) is 12.9. The first kappa shape index (κ1) is 14.5. The number of hydrogen-bond acceptors (Lipinski definition) is 5. The second-order valence-electron chi connectivity index (χ2n) is 4.90. The van der Waals surface area contributed by atoms with Crippen LogP contribution in [0.5, 0.6) is 0 Å². The summed E-state index contributed by atoms with van der Waals surface area (Å²) < 4.78 is 0. The fourth-order valence-corrected chi connectivity index (χ4v) is 3.34. The van der Waals surface area contributed by atoms with Crippen molar-refractivity contribution in [3.8, 4) is 0 Å². The second kappa shape index (κ2) is 5.38. The van der Waals surface area contributed by atoms with Crippen LogP contribution < -0.4 is 0 Å². The van der Waals surface area contributed by atoms with Gasteiger partial charge in [-0.05, 0) is 37.1 Å². The van der Waals surface area contributed by atoms with Gasteiger partial charge >= 0.3 is 5.97 Å². The van der Waals surface area contributed by atoms with Gasteiger partial charge in [0.2, 0.25) is 0 Å². The number of carbonyl (C=O) groups excluding carboxylic acids is 3. The van der Waals surface area contributed by atoms with Crippen LogP contribution in [0.25, 0.3) is 0 Å². The minimum absolute atomic E-state index is 0.247. The van der Waals surface area contributed by atoms with Gasteiger partial charge in [-0.2, -0.15) is 0 Å². The lowest BCUT2D eigenvalue weighted by atomic mass is 10.1. The summed E-state index contributed by atoms with van der Waals surface area (Å²) in [5.74, 6) is -1.92. The summed E-state index contributed by atoms with van der Waals surface area (Å²) in [6.07, 6.45) is 0.816. The number of carbonyl (C=O) groups is 3. The van der Waals surface area contributed by atoms with Crippen LogP contribution in [0.3, 0.4) is 0 Å². The number of benzene rings is 1. The molecule has 0 atom stereocenters. The molecule has 0 saturated carbocycles. The lowest BCUT2D eigenvalue weighted by Gasteiger charge is -2.11. The number of imide groups is 1. The number of amides is 2. The van der Waals surface area contributed by atoms with Crippen molar-refractivity contribution in [2.75, 3.05) is 0 Å². The van der Waals surface area contributed by atoms with E-state index in [2.05, 4.69) is 0 Å². The van der Waals surface area contributed by atoms with Crippen molar-refractivity contribution in [3.05, 3.63) is 56.8 Å². The van der Waals surface area contributed by atoms with Crippen LogP contribution in [-0.2, 0) is 11.3 Å². The quantitative estimate of drug-likeness (QED) is 0.817. The van der Waals surface area contributed by atoms with Crippen molar-refractivity contribution in [3.63, 3.8) is 0 Å². The molecule has 3 rings (SSSR count). The monoisotopic (exact) mass is 315 g/mol. The van der Waals surface area contributed by atoms with Crippen molar-refractivity contribution in [2.24, 2.45) is 0 Å². The van der Waals surface area contributed by atoms with Crippen LogP contribution >= 0.6 is 11.3 Å². The highest BCUT2D eigenvalue weighted by atomic mass is 32.1. The maximum absolute atomic E-state index is 12.2. The molecule has 1 aliphatic heterocycles. The molecular formula is C16H13NO4S. The number of thiophene rings is 1. The number of rotatable bonds is 3. The van der Waals surface area contributed by atoms with Gasteiger partial charge in [-0.25, -0.2) is 4.79 Å². The van der Waals surface area contributed by atoms with E-state index < -0.39 is 17.8 Å². The topological polar surface area (TPSA) is 63.7 Å². The van der Waals surface area contributed by atoms with Gasteiger partial charge in [0.15, 0.2) is 0 Å². The molecule has 0 N–H and O–H groups in total. The summed E-state index contributed by atoms with van der Waals surface area (Å²) in [5.41, 5.74) is 1.50. The maximum atomic E-state index is 12.2. The number of nitrogens with zero attached hydrogens (tertiary/aromatic N) is 1.